The van der Waals surface area contributed by atoms with Gasteiger partial charge in [0.05, 0.1) is 17.5 Å². The van der Waals surface area contributed by atoms with E-state index in [-0.39, 0.29) is 0 Å². The van der Waals surface area contributed by atoms with Crippen LogP contribution in [0, 0.1) is 0 Å². The van der Waals surface area contributed by atoms with Crippen molar-refractivity contribution in [3.05, 3.63) is 132 Å². The third-order valence-electron chi connectivity index (χ3n) is 5.83. The fourth-order valence-corrected chi connectivity index (χ4v) is 10.0. The lowest BCUT2D eigenvalue weighted by Crippen LogP contribution is -2.24. The summed E-state index contributed by atoms with van der Waals surface area (Å²) >= 11 is 0. The van der Waals surface area contributed by atoms with Gasteiger partial charge in [-0.3, -0.25) is 0 Å². The molecule has 0 aliphatic carbocycles. The predicted octanol–water partition coefficient (Wildman–Crippen LogP) is 5.21. The zero-order valence-corrected chi connectivity index (χ0v) is 20.8. The number of rotatable bonds is 6. The van der Waals surface area contributed by atoms with E-state index in [0.717, 1.165) is 6.67 Å². The average Bonchev–Trinajstić information content (AvgIpc) is 3.15. The van der Waals surface area contributed by atoms with Crippen LogP contribution in [0.25, 0.3) is 0 Å². The van der Waals surface area contributed by atoms with Gasteiger partial charge in [-0.15, -0.1) is 0 Å². The maximum absolute atomic E-state index is 2.47. The summed E-state index contributed by atoms with van der Waals surface area (Å²) in [4.78, 5) is 4.95. The summed E-state index contributed by atoms with van der Waals surface area (Å²) in [6, 6.07) is 44.2. The molecule has 1 heterocycles. The Balaban J connectivity index is 1.78. The van der Waals surface area contributed by atoms with Crippen LogP contribution < -0.4 is 21.2 Å². The van der Waals surface area contributed by atoms with Crippen LogP contribution in [0.1, 0.15) is 0 Å². The van der Waals surface area contributed by atoms with Gasteiger partial charge >= 0.3 is 0 Å². The molecular weight excluding hydrogens is 438 g/mol. The summed E-state index contributed by atoms with van der Waals surface area (Å²) in [5, 5.41) is 5.57. The van der Waals surface area contributed by atoms with Gasteiger partial charge in [-0.2, -0.15) is 0 Å². The molecule has 4 aromatic rings. The summed E-state index contributed by atoms with van der Waals surface area (Å²) in [5.41, 5.74) is 2.92. The fourth-order valence-electron chi connectivity index (χ4n) is 4.43. The van der Waals surface area contributed by atoms with Gasteiger partial charge < -0.3 is 9.80 Å². The van der Waals surface area contributed by atoms with Crippen LogP contribution in [0.2, 0.25) is 0 Å². The van der Waals surface area contributed by atoms with Crippen molar-refractivity contribution in [3.8, 4) is 0 Å². The Morgan fingerprint density at radius 1 is 0.424 bits per heavy atom. The van der Waals surface area contributed by atoms with Gasteiger partial charge in [0.2, 0.25) is 0 Å². The van der Waals surface area contributed by atoms with Crippen LogP contribution in [0.15, 0.2) is 132 Å². The van der Waals surface area contributed by atoms with Crippen LogP contribution in [0.3, 0.4) is 0 Å². The molecule has 0 unspecified atom stereocenters. The summed E-state index contributed by atoms with van der Waals surface area (Å²) in [5.74, 6) is 0. The fraction of sp³-hybridized carbons (Fsp3) is 0.103. The van der Waals surface area contributed by atoms with Gasteiger partial charge in [0.1, 0.15) is 0 Å². The highest BCUT2D eigenvalue weighted by Crippen LogP contribution is 2.57. The van der Waals surface area contributed by atoms with Crippen molar-refractivity contribution < 1.29 is 0 Å². The quantitative estimate of drug-likeness (QED) is 0.360. The monoisotopic (exact) mass is 466 g/mol. The molecule has 164 valence electrons. The molecule has 0 spiro atoms. The Hall–Kier alpha value is -2.92. The first-order chi connectivity index (χ1) is 16.2. The second-order valence-electron chi connectivity index (χ2n) is 8.20. The van der Waals surface area contributed by atoms with Crippen LogP contribution in [-0.4, -0.2) is 30.6 Å². The molecule has 1 aliphatic heterocycles. The normalized spacial score (nSPS) is 13.9. The molecule has 0 fully saturated rings. The minimum Gasteiger partial charge on any atom is -0.354 e. The third-order valence-corrected chi connectivity index (χ3v) is 11.2. The lowest BCUT2D eigenvalue weighted by molar-refractivity contribution is 0.332. The Labute approximate surface area is 199 Å². The van der Waals surface area contributed by atoms with E-state index >= 15 is 0 Å². The second-order valence-corrected chi connectivity index (χ2v) is 12.5. The van der Waals surface area contributed by atoms with E-state index in [4.69, 9.17) is 0 Å². The minimum atomic E-state index is -0.690. The van der Waals surface area contributed by atoms with Gasteiger partial charge in [0, 0.05) is 29.9 Å². The van der Waals surface area contributed by atoms with Crippen molar-refractivity contribution in [1.82, 2.24) is 9.80 Å². The molecule has 1 aliphatic rings. The Morgan fingerprint density at radius 3 is 0.909 bits per heavy atom. The lowest BCUT2D eigenvalue weighted by Gasteiger charge is -2.29. The molecule has 0 N–H and O–H groups in total. The standard InChI is InChI=1S/C29H28N2P2/c1-30-23-31(2)29(33(26-19-11-5-12-20-26)27-21-13-6-14-22-27)28(30)32(24-15-7-3-8-16-24)25-17-9-4-10-18-25/h3-22H,23H2,1-2H3. The molecule has 4 aromatic carbocycles. The molecule has 0 atom stereocenters. The summed E-state index contributed by atoms with van der Waals surface area (Å²) in [6.07, 6.45) is 0. The van der Waals surface area contributed by atoms with Gasteiger partial charge in [-0.25, -0.2) is 0 Å². The molecule has 0 saturated heterocycles. The number of benzene rings is 4. The van der Waals surface area contributed by atoms with E-state index in [0.29, 0.717) is 0 Å². The van der Waals surface area contributed by atoms with Crippen molar-refractivity contribution in [1.29, 1.82) is 0 Å². The van der Waals surface area contributed by atoms with E-state index in [2.05, 4.69) is 145 Å². The van der Waals surface area contributed by atoms with Gasteiger partial charge in [0.15, 0.2) is 0 Å². The predicted molar refractivity (Wildman–Crippen MR) is 146 cm³/mol. The second kappa shape index (κ2) is 9.92. The smallest absolute Gasteiger partial charge is 0.0899 e. The molecule has 33 heavy (non-hydrogen) atoms. The van der Waals surface area contributed by atoms with Gasteiger partial charge in [-0.05, 0) is 21.2 Å². The third kappa shape index (κ3) is 4.47. The van der Waals surface area contributed by atoms with Crippen LogP contribution >= 0.6 is 15.8 Å². The van der Waals surface area contributed by atoms with Gasteiger partial charge in [-0.1, -0.05) is 121 Å². The first-order valence-electron chi connectivity index (χ1n) is 11.2. The Kier molecular flexibility index (Phi) is 6.58. The Morgan fingerprint density at radius 2 is 0.667 bits per heavy atom. The first-order valence-corrected chi connectivity index (χ1v) is 13.9. The summed E-state index contributed by atoms with van der Waals surface area (Å²) in [7, 11) is 3.13. The van der Waals surface area contributed by atoms with Crippen molar-refractivity contribution in [2.24, 2.45) is 0 Å². The molecular formula is C29H28N2P2. The zero-order valence-electron chi connectivity index (χ0n) is 19.0. The molecule has 2 nitrogen and oxygen atoms in total. The molecule has 0 saturated carbocycles. The van der Waals surface area contributed by atoms with Crippen LogP contribution in [-0.2, 0) is 0 Å². The topological polar surface area (TPSA) is 6.48 Å². The largest absolute Gasteiger partial charge is 0.354 e. The summed E-state index contributed by atoms with van der Waals surface area (Å²) in [6.45, 7) is 0.904. The van der Waals surface area contributed by atoms with Crippen LogP contribution in [0.5, 0.6) is 0 Å². The SMILES string of the molecule is CN1CN(C)C(P(c2ccccc2)c2ccccc2)=C1P(c1ccccc1)c1ccccc1. The lowest BCUT2D eigenvalue weighted by atomic mass is 10.4. The molecule has 4 heteroatoms. The maximum Gasteiger partial charge on any atom is 0.0899 e. The highest BCUT2D eigenvalue weighted by Gasteiger charge is 2.36. The van der Waals surface area contributed by atoms with Gasteiger partial charge in [0.25, 0.3) is 0 Å². The van der Waals surface area contributed by atoms with E-state index < -0.39 is 15.8 Å². The van der Waals surface area contributed by atoms with E-state index in [1.807, 2.05) is 0 Å². The van der Waals surface area contributed by atoms with E-state index in [9.17, 15) is 0 Å². The molecule has 0 amide bonds. The number of hydrogen-bond acceptors (Lipinski definition) is 2. The molecule has 0 aromatic heterocycles. The maximum atomic E-state index is 2.47. The van der Waals surface area contributed by atoms with E-state index in [1.165, 1.54) is 32.1 Å². The average molecular weight is 467 g/mol. The number of nitrogens with zero attached hydrogens (tertiary/aromatic N) is 2. The van der Waals surface area contributed by atoms with Crippen molar-refractivity contribution in [2.75, 3.05) is 20.8 Å². The summed E-state index contributed by atoms with van der Waals surface area (Å²) < 4.78 is 0. The molecule has 0 bridgehead atoms. The highest BCUT2D eigenvalue weighted by molar-refractivity contribution is 7.80. The highest BCUT2D eigenvalue weighted by atomic mass is 31.1. The zero-order chi connectivity index (χ0) is 22.6. The molecule has 0 radical (unpaired) electrons. The minimum absolute atomic E-state index is 0.690. The van der Waals surface area contributed by atoms with Crippen molar-refractivity contribution in [2.45, 2.75) is 0 Å². The number of hydrogen-bond donors (Lipinski definition) is 0. The first kappa shape index (κ1) is 21.9. The van der Waals surface area contributed by atoms with Crippen molar-refractivity contribution in [3.63, 3.8) is 0 Å². The van der Waals surface area contributed by atoms with Crippen molar-refractivity contribution >= 4 is 37.1 Å². The van der Waals surface area contributed by atoms with E-state index in [1.54, 1.807) is 0 Å². The van der Waals surface area contributed by atoms with Crippen LogP contribution in [0.4, 0.5) is 0 Å². The Bertz CT molecular complexity index is 1040. The molecule has 5 rings (SSSR count).